The zero-order valence-electron chi connectivity index (χ0n) is 18.2. The fourth-order valence-corrected chi connectivity index (χ4v) is 5.12. The Morgan fingerprint density at radius 2 is 1.68 bits per heavy atom. The highest BCUT2D eigenvalue weighted by Crippen LogP contribution is 2.34. The van der Waals surface area contributed by atoms with Crippen LogP contribution in [0.3, 0.4) is 0 Å². The number of amides is 1. The van der Waals surface area contributed by atoms with Crippen LogP contribution in [0.1, 0.15) is 16.1 Å². The Hall–Kier alpha value is -3.41. The quantitative estimate of drug-likeness (QED) is 0.563. The molecule has 5 rings (SSSR count). The molecule has 1 saturated heterocycles. The minimum Gasteiger partial charge on any atom is -0.486 e. The molecule has 0 atom stereocenters. The summed E-state index contributed by atoms with van der Waals surface area (Å²) in [5, 5.41) is 6.78. The van der Waals surface area contributed by atoms with Crippen LogP contribution < -0.4 is 14.8 Å². The van der Waals surface area contributed by atoms with Gasteiger partial charge >= 0.3 is 0 Å². The first-order valence-electron chi connectivity index (χ1n) is 10.8. The molecule has 0 saturated carbocycles. The number of nitrogens with one attached hydrogen (secondary N) is 1. The van der Waals surface area contributed by atoms with E-state index < -0.39 is 10.0 Å². The van der Waals surface area contributed by atoms with Crippen molar-refractivity contribution in [2.24, 2.45) is 0 Å². The zero-order valence-corrected chi connectivity index (χ0v) is 19.0. The van der Waals surface area contributed by atoms with Gasteiger partial charge in [-0.1, -0.05) is 5.16 Å². The fourth-order valence-electron chi connectivity index (χ4n) is 3.72. The Bertz CT molecular complexity index is 1280. The van der Waals surface area contributed by atoms with Gasteiger partial charge in [0.15, 0.2) is 17.3 Å². The second kappa shape index (κ2) is 9.45. The highest BCUT2D eigenvalue weighted by atomic mass is 32.2. The average molecular weight is 486 g/mol. The Balaban J connectivity index is 1.21. The highest BCUT2D eigenvalue weighted by molar-refractivity contribution is 7.89. The van der Waals surface area contributed by atoms with Crippen LogP contribution in [0.15, 0.2) is 57.9 Å². The van der Waals surface area contributed by atoms with E-state index in [4.69, 9.17) is 18.7 Å². The smallest absolute Gasteiger partial charge is 0.251 e. The lowest BCUT2D eigenvalue weighted by atomic mass is 10.1. The molecular formula is C23H23N3O7S. The van der Waals surface area contributed by atoms with E-state index in [1.165, 1.54) is 28.6 Å². The summed E-state index contributed by atoms with van der Waals surface area (Å²) >= 11 is 0. The van der Waals surface area contributed by atoms with Crippen LogP contribution in [0.4, 0.5) is 0 Å². The Labute approximate surface area is 196 Å². The van der Waals surface area contributed by atoms with E-state index in [1.807, 2.05) is 18.2 Å². The largest absolute Gasteiger partial charge is 0.486 e. The third kappa shape index (κ3) is 4.63. The van der Waals surface area contributed by atoms with E-state index in [2.05, 4.69) is 10.5 Å². The van der Waals surface area contributed by atoms with Crippen molar-refractivity contribution in [1.29, 1.82) is 0 Å². The first-order chi connectivity index (χ1) is 16.5. The molecule has 3 heterocycles. The van der Waals surface area contributed by atoms with Gasteiger partial charge in [-0.2, -0.15) is 4.31 Å². The zero-order chi connectivity index (χ0) is 23.5. The second-order valence-corrected chi connectivity index (χ2v) is 9.70. The molecule has 1 aromatic heterocycles. The summed E-state index contributed by atoms with van der Waals surface area (Å²) in [6.45, 7) is 2.54. The van der Waals surface area contributed by atoms with Gasteiger partial charge in [-0.3, -0.25) is 4.79 Å². The first-order valence-corrected chi connectivity index (χ1v) is 12.3. The number of morpholine rings is 1. The van der Waals surface area contributed by atoms with Gasteiger partial charge in [-0.15, -0.1) is 0 Å². The molecule has 1 fully saturated rings. The lowest BCUT2D eigenvalue weighted by Gasteiger charge is -2.26. The molecule has 11 heteroatoms. The van der Waals surface area contributed by atoms with E-state index in [9.17, 15) is 13.2 Å². The van der Waals surface area contributed by atoms with Crippen molar-refractivity contribution in [3.05, 3.63) is 59.8 Å². The molecule has 0 bridgehead atoms. The number of rotatable bonds is 6. The number of ether oxygens (including phenoxy) is 3. The van der Waals surface area contributed by atoms with Crippen molar-refractivity contribution in [2.45, 2.75) is 11.4 Å². The van der Waals surface area contributed by atoms with E-state index in [1.54, 1.807) is 6.07 Å². The van der Waals surface area contributed by atoms with Crippen LogP contribution in [0.25, 0.3) is 11.3 Å². The van der Waals surface area contributed by atoms with Crippen molar-refractivity contribution in [2.75, 3.05) is 39.5 Å². The average Bonchev–Trinajstić information content (AvgIpc) is 3.37. The molecule has 2 aliphatic heterocycles. The number of aromatic nitrogens is 1. The minimum absolute atomic E-state index is 0.145. The van der Waals surface area contributed by atoms with Crippen LogP contribution in [0, 0.1) is 0 Å². The molecule has 0 radical (unpaired) electrons. The lowest BCUT2D eigenvalue weighted by molar-refractivity contribution is 0.0730. The predicted molar refractivity (Wildman–Crippen MR) is 120 cm³/mol. The second-order valence-electron chi connectivity index (χ2n) is 7.76. The SMILES string of the molecule is O=C(NCc1cc(-c2ccc3c(c2)OCCO3)on1)c1ccc(S(=O)(=O)N2CCOCC2)cc1. The minimum atomic E-state index is -3.61. The number of carbonyl (C=O) groups is 1. The molecule has 0 aliphatic carbocycles. The first kappa shape index (κ1) is 22.4. The van der Waals surface area contributed by atoms with Gasteiger partial charge in [0, 0.05) is 30.3 Å². The predicted octanol–water partition coefficient (Wildman–Crippen LogP) is 2.06. The molecule has 0 spiro atoms. The number of benzene rings is 2. The van der Waals surface area contributed by atoms with Crippen molar-refractivity contribution in [3.63, 3.8) is 0 Å². The number of fused-ring (bicyclic) bond motifs is 1. The number of hydrogen-bond acceptors (Lipinski definition) is 8. The summed E-state index contributed by atoms with van der Waals surface area (Å²) < 4.78 is 48.6. The van der Waals surface area contributed by atoms with Crippen molar-refractivity contribution < 1.29 is 31.9 Å². The fraction of sp³-hybridized carbons (Fsp3) is 0.304. The van der Waals surface area contributed by atoms with Crippen molar-refractivity contribution in [1.82, 2.24) is 14.8 Å². The summed E-state index contributed by atoms with van der Waals surface area (Å²) in [7, 11) is -3.61. The van der Waals surface area contributed by atoms with E-state index in [0.29, 0.717) is 68.0 Å². The summed E-state index contributed by atoms with van der Waals surface area (Å²) in [4.78, 5) is 12.7. The molecule has 34 heavy (non-hydrogen) atoms. The number of hydrogen-bond donors (Lipinski definition) is 1. The molecule has 3 aromatic rings. The van der Waals surface area contributed by atoms with Crippen LogP contribution in [-0.4, -0.2) is 63.3 Å². The molecule has 2 aromatic carbocycles. The lowest BCUT2D eigenvalue weighted by Crippen LogP contribution is -2.40. The third-order valence-electron chi connectivity index (χ3n) is 5.54. The van der Waals surface area contributed by atoms with Gasteiger partial charge in [0.05, 0.1) is 24.7 Å². The third-order valence-corrected chi connectivity index (χ3v) is 7.45. The summed E-state index contributed by atoms with van der Waals surface area (Å²) in [5.74, 6) is 1.53. The summed E-state index contributed by atoms with van der Waals surface area (Å²) in [5.41, 5.74) is 1.67. The van der Waals surface area contributed by atoms with Crippen LogP contribution >= 0.6 is 0 Å². The maximum absolute atomic E-state index is 12.7. The van der Waals surface area contributed by atoms with Gasteiger partial charge in [-0.05, 0) is 42.5 Å². The molecule has 10 nitrogen and oxygen atoms in total. The normalized spacial score (nSPS) is 16.2. The monoisotopic (exact) mass is 485 g/mol. The Kier molecular flexibility index (Phi) is 6.22. The summed E-state index contributed by atoms with van der Waals surface area (Å²) in [6, 6.07) is 13.1. The van der Waals surface area contributed by atoms with Gasteiger partial charge < -0.3 is 24.1 Å². The highest BCUT2D eigenvalue weighted by Gasteiger charge is 2.26. The van der Waals surface area contributed by atoms with Crippen LogP contribution in [0.2, 0.25) is 0 Å². The number of nitrogens with zero attached hydrogens (tertiary/aromatic N) is 2. The summed E-state index contributed by atoms with van der Waals surface area (Å²) in [6.07, 6.45) is 0. The standard InChI is InChI=1S/C23H23N3O7S/c27-23(16-1-4-19(5-2-16)34(28,29)26-7-9-30-10-8-26)24-15-18-14-21(33-25-18)17-3-6-20-22(13-17)32-12-11-31-20/h1-6,13-14H,7-12,15H2,(H,24,27). The Morgan fingerprint density at radius 1 is 0.941 bits per heavy atom. The van der Waals surface area contributed by atoms with Gasteiger partial charge in [0.1, 0.15) is 18.9 Å². The van der Waals surface area contributed by atoms with Crippen LogP contribution in [-0.2, 0) is 21.3 Å². The van der Waals surface area contributed by atoms with E-state index >= 15 is 0 Å². The van der Waals surface area contributed by atoms with Gasteiger partial charge in [-0.25, -0.2) is 8.42 Å². The van der Waals surface area contributed by atoms with E-state index in [0.717, 1.165) is 5.56 Å². The van der Waals surface area contributed by atoms with E-state index in [-0.39, 0.29) is 17.3 Å². The molecule has 1 N–H and O–H groups in total. The number of carbonyl (C=O) groups excluding carboxylic acids is 1. The molecule has 0 unspecified atom stereocenters. The Morgan fingerprint density at radius 3 is 2.44 bits per heavy atom. The van der Waals surface area contributed by atoms with Gasteiger partial charge in [0.25, 0.3) is 5.91 Å². The van der Waals surface area contributed by atoms with Crippen molar-refractivity contribution in [3.8, 4) is 22.8 Å². The maximum atomic E-state index is 12.7. The molecular weight excluding hydrogens is 462 g/mol. The molecule has 178 valence electrons. The van der Waals surface area contributed by atoms with Crippen LogP contribution in [0.5, 0.6) is 11.5 Å². The topological polar surface area (TPSA) is 120 Å². The number of sulfonamides is 1. The van der Waals surface area contributed by atoms with Crippen molar-refractivity contribution >= 4 is 15.9 Å². The molecule has 2 aliphatic rings. The maximum Gasteiger partial charge on any atom is 0.251 e. The van der Waals surface area contributed by atoms with Gasteiger partial charge in [0.2, 0.25) is 10.0 Å². The molecule has 1 amide bonds.